The molecule has 140 valence electrons. The number of hydrogen-bond acceptors (Lipinski definition) is 6. The number of carbonyl (C=O) groups is 2. The van der Waals surface area contributed by atoms with Gasteiger partial charge in [-0.05, 0) is 23.3 Å². The smallest absolute Gasteiger partial charge is 0.273 e. The highest BCUT2D eigenvalue weighted by molar-refractivity contribution is 8.08. The first kappa shape index (κ1) is 19.7. The van der Waals surface area contributed by atoms with Gasteiger partial charge in [-0.15, -0.1) is 23.5 Å². The van der Waals surface area contributed by atoms with Gasteiger partial charge in [0.25, 0.3) is 11.8 Å². The minimum absolute atomic E-state index is 0.0840. The Balaban J connectivity index is 1.86. The van der Waals surface area contributed by atoms with Crippen LogP contribution in [0.3, 0.4) is 0 Å². The molecule has 2 N–H and O–H groups in total. The van der Waals surface area contributed by atoms with E-state index in [9.17, 15) is 9.59 Å². The highest BCUT2D eigenvalue weighted by atomic mass is 32.2. The lowest BCUT2D eigenvalue weighted by Gasteiger charge is -2.15. The Kier molecular flexibility index (Phi) is 6.73. The third-order valence-corrected chi connectivity index (χ3v) is 6.15. The van der Waals surface area contributed by atoms with Gasteiger partial charge in [0.2, 0.25) is 0 Å². The van der Waals surface area contributed by atoms with Gasteiger partial charge in [0, 0.05) is 11.5 Å². The van der Waals surface area contributed by atoms with Gasteiger partial charge in [-0.2, -0.15) is 0 Å². The Labute approximate surface area is 166 Å². The number of amides is 2. The molecular weight excluding hydrogens is 382 g/mol. The molecule has 0 atom stereocenters. The van der Waals surface area contributed by atoms with Crippen molar-refractivity contribution in [1.82, 2.24) is 0 Å². The normalized spacial score (nSPS) is 14.4. The molecule has 5 nitrogen and oxygen atoms in total. The molecule has 0 saturated carbocycles. The van der Waals surface area contributed by atoms with E-state index < -0.39 is 0 Å². The fraction of sp³-hybridized carbons (Fsp3) is 0.200. The summed E-state index contributed by atoms with van der Waals surface area (Å²) in [5.41, 5.74) is 2.56. The topological polar surface area (TPSA) is 77.8 Å². The molecule has 2 aromatic carbocycles. The monoisotopic (exact) mass is 401 g/mol. The van der Waals surface area contributed by atoms with E-state index in [4.69, 9.17) is 10.2 Å². The highest BCUT2D eigenvalue weighted by Gasteiger charge is 2.39. The number of aliphatic hydroxyl groups is 2. The average molecular weight is 402 g/mol. The summed E-state index contributed by atoms with van der Waals surface area (Å²) in [6.07, 6.45) is 0. The molecule has 1 aliphatic rings. The van der Waals surface area contributed by atoms with E-state index in [2.05, 4.69) is 0 Å². The van der Waals surface area contributed by atoms with Gasteiger partial charge < -0.3 is 10.2 Å². The third-order valence-electron chi connectivity index (χ3n) is 3.91. The highest BCUT2D eigenvalue weighted by Crippen LogP contribution is 2.38. The number of imide groups is 1. The van der Waals surface area contributed by atoms with Crippen LogP contribution in [0.5, 0.6) is 0 Å². The van der Waals surface area contributed by atoms with Crippen molar-refractivity contribution in [1.29, 1.82) is 0 Å². The zero-order chi connectivity index (χ0) is 19.2. The van der Waals surface area contributed by atoms with Crippen LogP contribution in [0, 0.1) is 0 Å². The van der Waals surface area contributed by atoms with Crippen molar-refractivity contribution in [3.05, 3.63) is 64.4 Å². The number of thioether (sulfide) groups is 2. The number of aliphatic hydroxyl groups excluding tert-OH is 2. The van der Waals surface area contributed by atoms with Crippen LogP contribution in [0.1, 0.15) is 0 Å². The second kappa shape index (κ2) is 9.23. The maximum atomic E-state index is 12.8. The Morgan fingerprint density at radius 3 is 1.67 bits per heavy atom. The van der Waals surface area contributed by atoms with Gasteiger partial charge in [-0.1, -0.05) is 42.5 Å². The quantitative estimate of drug-likeness (QED) is 0.663. The first-order chi connectivity index (χ1) is 13.2. The molecule has 0 aromatic heterocycles. The molecule has 1 aliphatic heterocycles. The van der Waals surface area contributed by atoms with Crippen molar-refractivity contribution in [2.75, 3.05) is 29.6 Å². The summed E-state index contributed by atoms with van der Waals surface area (Å²) >= 11 is 2.34. The minimum Gasteiger partial charge on any atom is -0.396 e. The molecule has 0 unspecified atom stereocenters. The molecule has 1 heterocycles. The fourth-order valence-electron chi connectivity index (χ4n) is 2.71. The van der Waals surface area contributed by atoms with E-state index in [1.165, 1.54) is 23.5 Å². The van der Waals surface area contributed by atoms with Crippen LogP contribution in [-0.4, -0.2) is 46.7 Å². The van der Waals surface area contributed by atoms with Crippen LogP contribution in [-0.2, 0) is 9.59 Å². The SMILES string of the molecule is O=C1C(SCCO)=C(SCCO)C(=O)N1c1ccc(-c2ccccc2)cc1. The first-order valence-electron chi connectivity index (χ1n) is 8.43. The molecule has 0 fully saturated rings. The number of carbonyl (C=O) groups excluding carboxylic acids is 2. The lowest BCUT2D eigenvalue weighted by atomic mass is 10.1. The van der Waals surface area contributed by atoms with Gasteiger partial charge in [-0.25, -0.2) is 4.90 Å². The molecule has 0 aliphatic carbocycles. The van der Waals surface area contributed by atoms with Crippen molar-refractivity contribution in [3.63, 3.8) is 0 Å². The number of anilines is 1. The van der Waals surface area contributed by atoms with Crippen LogP contribution in [0.4, 0.5) is 5.69 Å². The largest absolute Gasteiger partial charge is 0.396 e. The summed E-state index contributed by atoms with van der Waals surface area (Å²) in [6, 6.07) is 17.1. The fourth-order valence-corrected chi connectivity index (χ4v) is 4.52. The van der Waals surface area contributed by atoms with E-state index in [0.717, 1.165) is 16.0 Å². The van der Waals surface area contributed by atoms with Gasteiger partial charge in [0.1, 0.15) is 0 Å². The summed E-state index contributed by atoms with van der Waals surface area (Å²) in [7, 11) is 0. The maximum absolute atomic E-state index is 12.8. The minimum atomic E-state index is -0.383. The Hall–Kier alpha value is -2.06. The molecule has 2 aromatic rings. The molecule has 0 bridgehead atoms. The van der Waals surface area contributed by atoms with Gasteiger partial charge in [-0.3, -0.25) is 9.59 Å². The van der Waals surface area contributed by atoms with E-state index in [-0.39, 0.29) is 25.0 Å². The molecule has 7 heteroatoms. The van der Waals surface area contributed by atoms with E-state index in [0.29, 0.717) is 27.0 Å². The van der Waals surface area contributed by atoms with Gasteiger partial charge in [0.15, 0.2) is 0 Å². The molecule has 0 spiro atoms. The average Bonchev–Trinajstić information content (AvgIpc) is 2.94. The van der Waals surface area contributed by atoms with Gasteiger partial charge in [0.05, 0.1) is 28.7 Å². The first-order valence-corrected chi connectivity index (χ1v) is 10.4. The summed E-state index contributed by atoms with van der Waals surface area (Å²) in [4.78, 5) is 27.5. The number of nitrogens with zero attached hydrogens (tertiary/aromatic N) is 1. The predicted molar refractivity (Wildman–Crippen MR) is 110 cm³/mol. The van der Waals surface area contributed by atoms with Crippen LogP contribution in [0.15, 0.2) is 64.4 Å². The second-order valence-corrected chi connectivity index (χ2v) is 7.87. The standard InChI is InChI=1S/C20H19NO4S2/c22-10-12-26-17-18(27-13-11-23)20(25)21(19(17)24)16-8-6-15(7-9-16)14-4-2-1-3-5-14/h1-9,22-23H,10-13H2. The lowest BCUT2D eigenvalue weighted by Crippen LogP contribution is -2.31. The number of hydrogen-bond donors (Lipinski definition) is 2. The summed E-state index contributed by atoms with van der Waals surface area (Å²) < 4.78 is 0. The maximum Gasteiger partial charge on any atom is 0.273 e. The van der Waals surface area contributed by atoms with Crippen LogP contribution >= 0.6 is 23.5 Å². The molecular formula is C20H19NO4S2. The number of rotatable bonds is 8. The van der Waals surface area contributed by atoms with Crippen molar-refractivity contribution in [2.45, 2.75) is 0 Å². The molecule has 0 radical (unpaired) electrons. The zero-order valence-electron chi connectivity index (χ0n) is 14.5. The van der Waals surface area contributed by atoms with Gasteiger partial charge >= 0.3 is 0 Å². The van der Waals surface area contributed by atoms with Crippen molar-refractivity contribution in [3.8, 4) is 11.1 Å². The van der Waals surface area contributed by atoms with Crippen LogP contribution in [0.25, 0.3) is 11.1 Å². The van der Waals surface area contributed by atoms with Crippen LogP contribution < -0.4 is 4.90 Å². The summed E-state index contributed by atoms with van der Waals surface area (Å²) in [6.45, 7) is -0.168. The zero-order valence-corrected chi connectivity index (χ0v) is 16.1. The molecule has 2 amide bonds. The Morgan fingerprint density at radius 2 is 1.19 bits per heavy atom. The van der Waals surface area contributed by atoms with Crippen molar-refractivity contribution in [2.24, 2.45) is 0 Å². The predicted octanol–water partition coefficient (Wildman–Crippen LogP) is 2.89. The van der Waals surface area contributed by atoms with E-state index >= 15 is 0 Å². The number of benzene rings is 2. The molecule has 3 rings (SSSR count). The van der Waals surface area contributed by atoms with E-state index in [1.807, 2.05) is 42.5 Å². The van der Waals surface area contributed by atoms with Crippen LogP contribution in [0.2, 0.25) is 0 Å². The summed E-state index contributed by atoms with van der Waals surface area (Å²) in [5.74, 6) is -0.103. The summed E-state index contributed by atoms with van der Waals surface area (Å²) in [5, 5.41) is 18.1. The Bertz CT molecular complexity index is 820. The molecule has 0 saturated heterocycles. The van der Waals surface area contributed by atoms with Crippen molar-refractivity contribution < 1.29 is 19.8 Å². The Morgan fingerprint density at radius 1 is 0.704 bits per heavy atom. The van der Waals surface area contributed by atoms with E-state index in [1.54, 1.807) is 12.1 Å². The lowest BCUT2D eigenvalue weighted by molar-refractivity contribution is -0.120. The molecule has 27 heavy (non-hydrogen) atoms. The van der Waals surface area contributed by atoms with Crippen molar-refractivity contribution >= 4 is 41.0 Å². The third kappa shape index (κ3) is 4.27. The second-order valence-electron chi connectivity index (χ2n) is 5.66.